The first-order valence-corrected chi connectivity index (χ1v) is 10.1. The molecule has 0 aromatic carbocycles. The number of fused-ring (bicyclic) bond motifs is 2. The van der Waals surface area contributed by atoms with Gasteiger partial charge < -0.3 is 18.9 Å². The third kappa shape index (κ3) is 4.09. The predicted octanol–water partition coefficient (Wildman–Crippen LogP) is 4.84. The third-order valence-corrected chi connectivity index (χ3v) is 6.60. The molecule has 2 aliphatic heterocycles. The molecule has 0 saturated carbocycles. The number of hydrogen-bond donors (Lipinski definition) is 0. The molecular weight excluding hydrogens is 328 g/mol. The molecule has 0 N–H and O–H groups in total. The first kappa shape index (κ1) is 20.1. The molecule has 0 radical (unpaired) electrons. The molecule has 26 heavy (non-hydrogen) atoms. The first-order valence-electron chi connectivity index (χ1n) is 10.1. The summed E-state index contributed by atoms with van der Waals surface area (Å²) in [4.78, 5) is 0. The highest BCUT2D eigenvalue weighted by molar-refractivity contribution is 5.20. The van der Waals surface area contributed by atoms with Crippen LogP contribution >= 0.6 is 0 Å². The average Bonchev–Trinajstić information content (AvgIpc) is 3.09. The molecule has 4 nitrogen and oxygen atoms in total. The van der Waals surface area contributed by atoms with Crippen molar-refractivity contribution in [3.05, 3.63) is 23.3 Å². The highest BCUT2D eigenvalue weighted by atomic mass is 16.8. The van der Waals surface area contributed by atoms with Gasteiger partial charge in [0, 0.05) is 20.1 Å². The fraction of sp³-hybridized carbons (Fsp3) is 0.818. The zero-order valence-electron chi connectivity index (χ0n) is 17.3. The average molecular weight is 365 g/mol. The van der Waals surface area contributed by atoms with E-state index in [2.05, 4.69) is 39.8 Å². The van der Waals surface area contributed by atoms with Gasteiger partial charge in [-0.3, -0.25) is 0 Å². The van der Waals surface area contributed by atoms with E-state index >= 15 is 0 Å². The second kappa shape index (κ2) is 8.14. The highest BCUT2D eigenvalue weighted by Gasteiger charge is 2.54. The lowest BCUT2D eigenvalue weighted by molar-refractivity contribution is -0.194. The molecule has 0 bridgehead atoms. The van der Waals surface area contributed by atoms with E-state index in [0.29, 0.717) is 17.9 Å². The number of ether oxygens (including phenoxy) is 4. The lowest BCUT2D eigenvalue weighted by Gasteiger charge is -2.32. The Bertz CT molecular complexity index is 550. The van der Waals surface area contributed by atoms with Gasteiger partial charge in [0.05, 0.1) is 11.7 Å². The van der Waals surface area contributed by atoms with E-state index in [9.17, 15) is 0 Å². The van der Waals surface area contributed by atoms with Crippen LogP contribution in [0.25, 0.3) is 0 Å². The van der Waals surface area contributed by atoms with Gasteiger partial charge in [-0.2, -0.15) is 0 Å². The highest BCUT2D eigenvalue weighted by Crippen LogP contribution is 2.50. The van der Waals surface area contributed by atoms with Crippen molar-refractivity contribution < 1.29 is 18.9 Å². The second-order valence-electron chi connectivity index (χ2n) is 8.73. The van der Waals surface area contributed by atoms with Crippen LogP contribution in [-0.2, 0) is 18.9 Å². The number of hydrogen-bond acceptors (Lipinski definition) is 4. The van der Waals surface area contributed by atoms with Crippen molar-refractivity contribution in [3.8, 4) is 0 Å². The fourth-order valence-corrected chi connectivity index (χ4v) is 4.85. The summed E-state index contributed by atoms with van der Waals surface area (Å²) < 4.78 is 23.5. The van der Waals surface area contributed by atoms with E-state index in [1.54, 1.807) is 14.2 Å². The van der Waals surface area contributed by atoms with Crippen LogP contribution in [0.3, 0.4) is 0 Å². The maximum atomic E-state index is 6.09. The van der Waals surface area contributed by atoms with Crippen molar-refractivity contribution in [2.75, 3.05) is 14.2 Å². The quantitative estimate of drug-likeness (QED) is 0.499. The van der Waals surface area contributed by atoms with Crippen LogP contribution < -0.4 is 0 Å². The Labute approximate surface area is 158 Å². The Hall–Kier alpha value is -0.680. The normalized spacial score (nSPS) is 42.4. The van der Waals surface area contributed by atoms with Crippen LogP contribution in [0, 0.1) is 17.8 Å². The van der Waals surface area contributed by atoms with E-state index in [-0.39, 0.29) is 24.1 Å². The van der Waals surface area contributed by atoms with Gasteiger partial charge >= 0.3 is 0 Å². The molecule has 0 aromatic heterocycles. The molecule has 3 rings (SSSR count). The monoisotopic (exact) mass is 364 g/mol. The molecule has 0 amide bonds. The van der Waals surface area contributed by atoms with Crippen molar-refractivity contribution in [3.63, 3.8) is 0 Å². The molecule has 3 aliphatic rings. The Morgan fingerprint density at radius 2 is 2.12 bits per heavy atom. The molecule has 3 unspecified atom stereocenters. The van der Waals surface area contributed by atoms with E-state index in [4.69, 9.17) is 18.9 Å². The molecule has 2 saturated heterocycles. The topological polar surface area (TPSA) is 40.2 Å². The third-order valence-electron chi connectivity index (χ3n) is 6.60. The van der Waals surface area contributed by atoms with E-state index in [0.717, 1.165) is 25.7 Å². The number of allylic oxidation sites excluding steroid dienone is 2. The van der Waals surface area contributed by atoms with Gasteiger partial charge in [0.25, 0.3) is 0 Å². The standard InChI is InChI=1S/C22H36O4/c1-14(2)8-7-9-15(3)16-12-13-22(4)18(26-22)11-10-17-19(16)21(24-6)25-20(17)23-5/h8,10,15-16,18-21H,7,9,11-13H2,1-6H3/b17-10+/t15-,16+,18?,19+,20?,21+,22?/m0/s1. The van der Waals surface area contributed by atoms with Gasteiger partial charge in [-0.05, 0) is 70.3 Å². The predicted molar refractivity (Wildman–Crippen MR) is 103 cm³/mol. The molecule has 0 aromatic rings. The molecule has 1 aliphatic carbocycles. The second-order valence-corrected chi connectivity index (χ2v) is 8.73. The van der Waals surface area contributed by atoms with Gasteiger partial charge in [0.1, 0.15) is 0 Å². The number of methoxy groups -OCH3 is 2. The van der Waals surface area contributed by atoms with Gasteiger partial charge in [-0.1, -0.05) is 24.6 Å². The Balaban J connectivity index is 1.84. The fourth-order valence-electron chi connectivity index (χ4n) is 4.85. The Morgan fingerprint density at radius 3 is 2.77 bits per heavy atom. The molecule has 4 heteroatoms. The van der Waals surface area contributed by atoms with Gasteiger partial charge in [-0.15, -0.1) is 0 Å². The maximum Gasteiger partial charge on any atom is 0.182 e. The zero-order valence-corrected chi connectivity index (χ0v) is 17.3. The summed E-state index contributed by atoms with van der Waals surface area (Å²) in [6.45, 7) is 9.00. The molecule has 0 spiro atoms. The SMILES string of the molecule is COC1O[C@@H](OC)[C@H]2/C1=C\CC1OC1(C)CC[C@@H]2[C@@H](C)CCC=C(C)C. The van der Waals surface area contributed by atoms with Crippen LogP contribution in [0.4, 0.5) is 0 Å². The van der Waals surface area contributed by atoms with Crippen molar-refractivity contribution in [2.45, 2.75) is 84.1 Å². The van der Waals surface area contributed by atoms with Crippen molar-refractivity contribution in [1.82, 2.24) is 0 Å². The molecular formula is C22H36O4. The summed E-state index contributed by atoms with van der Waals surface area (Å²) in [6.07, 6.45) is 10.0. The summed E-state index contributed by atoms with van der Waals surface area (Å²) in [6, 6.07) is 0. The lowest BCUT2D eigenvalue weighted by Crippen LogP contribution is -2.31. The Morgan fingerprint density at radius 1 is 1.35 bits per heavy atom. The zero-order chi connectivity index (χ0) is 18.9. The largest absolute Gasteiger partial charge is 0.366 e. The molecule has 2 heterocycles. The van der Waals surface area contributed by atoms with Crippen molar-refractivity contribution in [1.29, 1.82) is 0 Å². The van der Waals surface area contributed by atoms with E-state index < -0.39 is 0 Å². The van der Waals surface area contributed by atoms with Crippen LogP contribution in [-0.4, -0.2) is 38.5 Å². The van der Waals surface area contributed by atoms with E-state index in [1.165, 1.54) is 17.6 Å². The van der Waals surface area contributed by atoms with Crippen LogP contribution in [0.1, 0.15) is 59.8 Å². The van der Waals surface area contributed by atoms with Gasteiger partial charge in [0.15, 0.2) is 12.6 Å². The summed E-state index contributed by atoms with van der Waals surface area (Å²) in [5, 5.41) is 0. The summed E-state index contributed by atoms with van der Waals surface area (Å²) >= 11 is 0. The van der Waals surface area contributed by atoms with Gasteiger partial charge in [0.2, 0.25) is 0 Å². The Kier molecular flexibility index (Phi) is 6.28. The minimum absolute atomic E-state index is 0.0551. The molecule has 7 atom stereocenters. The van der Waals surface area contributed by atoms with Gasteiger partial charge in [-0.25, -0.2) is 0 Å². The molecule has 148 valence electrons. The minimum atomic E-state index is -0.291. The summed E-state index contributed by atoms with van der Waals surface area (Å²) in [5.74, 6) is 1.37. The van der Waals surface area contributed by atoms with Crippen LogP contribution in [0.15, 0.2) is 23.3 Å². The minimum Gasteiger partial charge on any atom is -0.366 e. The lowest BCUT2D eigenvalue weighted by atomic mass is 9.74. The number of rotatable bonds is 6. The summed E-state index contributed by atoms with van der Waals surface area (Å²) in [5.41, 5.74) is 2.71. The summed E-state index contributed by atoms with van der Waals surface area (Å²) in [7, 11) is 3.47. The van der Waals surface area contributed by atoms with E-state index in [1.807, 2.05) is 0 Å². The number of epoxide rings is 1. The van der Waals surface area contributed by atoms with Crippen molar-refractivity contribution >= 4 is 0 Å². The van der Waals surface area contributed by atoms with Crippen LogP contribution in [0.2, 0.25) is 0 Å². The molecule has 2 fully saturated rings. The maximum absolute atomic E-state index is 6.09. The smallest absolute Gasteiger partial charge is 0.182 e. The van der Waals surface area contributed by atoms with Crippen LogP contribution in [0.5, 0.6) is 0 Å². The first-order chi connectivity index (χ1) is 12.4. The van der Waals surface area contributed by atoms with Crippen molar-refractivity contribution in [2.24, 2.45) is 17.8 Å².